The van der Waals surface area contributed by atoms with Gasteiger partial charge in [0.2, 0.25) is 11.8 Å². The number of halogens is 1. The normalized spacial score (nSPS) is 10.9. The second-order valence-electron chi connectivity index (χ2n) is 6.69. The Labute approximate surface area is 173 Å². The molecule has 0 unspecified atom stereocenters. The molecule has 2 aromatic rings. The lowest BCUT2D eigenvalue weighted by atomic mass is 10.1. The second kappa shape index (κ2) is 10.0. The number of hydrogen-bond donors (Lipinski definition) is 2. The molecule has 0 spiro atoms. The highest BCUT2D eigenvalue weighted by atomic mass is 79.9. The number of amides is 2. The average Bonchev–Trinajstić information content (AvgIpc) is 2.59. The summed E-state index contributed by atoms with van der Waals surface area (Å²) in [7, 11) is 0. The van der Waals surface area contributed by atoms with Gasteiger partial charge in [0.1, 0.15) is 12.2 Å². The number of aryl methyl sites for hydroxylation is 2. The van der Waals surface area contributed by atoms with Gasteiger partial charge in [-0.3, -0.25) is 9.59 Å². The minimum absolute atomic E-state index is 0.0740. The maximum Gasteiger partial charge on any atom is 0.249 e. The molecule has 0 aliphatic heterocycles. The Morgan fingerprint density at radius 1 is 1.14 bits per heavy atom. The summed E-state index contributed by atoms with van der Waals surface area (Å²) in [6, 6.07) is 11.2. The zero-order valence-electron chi connectivity index (χ0n) is 16.4. The second-order valence-corrected chi connectivity index (χ2v) is 7.55. The van der Waals surface area contributed by atoms with E-state index >= 15 is 0 Å². The molecule has 2 N–H and O–H groups in total. The summed E-state index contributed by atoms with van der Waals surface area (Å²) in [4.78, 5) is 23.9. The van der Waals surface area contributed by atoms with Crippen LogP contribution >= 0.6 is 15.9 Å². The standard InChI is InChI=1S/C21H24BrN3O3/c1-13(2)28-19-8-6-16(10-17(19)22)12-23-25-21(27)11-20(26)24-18-7-5-14(3)9-15(18)4/h5-10,12-13H,11H2,1-4H3,(H,24,26)(H,25,27). The molecule has 2 rings (SSSR count). The van der Waals surface area contributed by atoms with Crippen molar-refractivity contribution in [2.24, 2.45) is 5.10 Å². The van der Waals surface area contributed by atoms with Crippen molar-refractivity contribution in [3.05, 3.63) is 57.6 Å². The van der Waals surface area contributed by atoms with Gasteiger partial charge in [0, 0.05) is 5.69 Å². The molecule has 0 fully saturated rings. The fourth-order valence-electron chi connectivity index (χ4n) is 2.46. The average molecular weight is 446 g/mol. The van der Waals surface area contributed by atoms with Gasteiger partial charge in [-0.1, -0.05) is 17.7 Å². The van der Waals surface area contributed by atoms with Crippen molar-refractivity contribution in [1.82, 2.24) is 5.43 Å². The van der Waals surface area contributed by atoms with Gasteiger partial charge >= 0.3 is 0 Å². The molecule has 0 aliphatic carbocycles. The molecule has 2 amide bonds. The third-order valence-corrected chi connectivity index (χ3v) is 4.32. The van der Waals surface area contributed by atoms with E-state index < -0.39 is 11.8 Å². The number of hydrogen-bond acceptors (Lipinski definition) is 4. The Balaban J connectivity index is 1.86. The molecule has 0 aromatic heterocycles. The van der Waals surface area contributed by atoms with E-state index in [0.29, 0.717) is 5.69 Å². The van der Waals surface area contributed by atoms with Crippen LogP contribution in [0.1, 0.15) is 37.0 Å². The van der Waals surface area contributed by atoms with Crippen LogP contribution in [0.25, 0.3) is 0 Å². The first-order valence-electron chi connectivity index (χ1n) is 8.90. The van der Waals surface area contributed by atoms with Crippen molar-refractivity contribution in [1.29, 1.82) is 0 Å². The highest BCUT2D eigenvalue weighted by Gasteiger charge is 2.10. The summed E-state index contributed by atoms with van der Waals surface area (Å²) < 4.78 is 6.44. The van der Waals surface area contributed by atoms with E-state index in [2.05, 4.69) is 31.8 Å². The third kappa shape index (κ3) is 6.81. The molecule has 7 heteroatoms. The van der Waals surface area contributed by atoms with Gasteiger partial charge in [0.15, 0.2) is 0 Å². The minimum Gasteiger partial charge on any atom is -0.490 e. The Hall–Kier alpha value is -2.67. The minimum atomic E-state index is -0.489. The number of ether oxygens (including phenoxy) is 1. The summed E-state index contributed by atoms with van der Waals surface area (Å²) in [5, 5.41) is 6.63. The quantitative estimate of drug-likeness (QED) is 0.378. The molecule has 148 valence electrons. The van der Waals surface area contributed by atoms with Crippen molar-refractivity contribution in [2.75, 3.05) is 5.32 Å². The molecule has 0 atom stereocenters. The van der Waals surface area contributed by atoms with E-state index in [1.807, 2.05) is 64.1 Å². The van der Waals surface area contributed by atoms with Crippen molar-refractivity contribution in [2.45, 2.75) is 40.2 Å². The first-order chi connectivity index (χ1) is 13.2. The lowest BCUT2D eigenvalue weighted by molar-refractivity contribution is -0.126. The maximum atomic E-state index is 12.0. The zero-order chi connectivity index (χ0) is 20.7. The predicted octanol–water partition coefficient (Wildman–Crippen LogP) is 4.33. The van der Waals surface area contributed by atoms with Crippen LogP contribution < -0.4 is 15.5 Å². The van der Waals surface area contributed by atoms with Crippen LogP contribution in [0.2, 0.25) is 0 Å². The van der Waals surface area contributed by atoms with Gasteiger partial charge in [-0.25, -0.2) is 5.43 Å². The van der Waals surface area contributed by atoms with Crippen molar-refractivity contribution in [3.63, 3.8) is 0 Å². The van der Waals surface area contributed by atoms with E-state index in [1.165, 1.54) is 6.21 Å². The number of hydrazone groups is 1. The van der Waals surface area contributed by atoms with Crippen molar-refractivity contribution >= 4 is 39.6 Å². The van der Waals surface area contributed by atoms with Gasteiger partial charge in [0.05, 0.1) is 16.8 Å². The fraction of sp³-hybridized carbons (Fsp3) is 0.286. The van der Waals surface area contributed by atoms with Gasteiger partial charge in [0.25, 0.3) is 0 Å². The summed E-state index contributed by atoms with van der Waals surface area (Å²) in [5.41, 5.74) is 5.89. The predicted molar refractivity (Wildman–Crippen MR) is 115 cm³/mol. The number of carbonyl (C=O) groups is 2. The summed E-state index contributed by atoms with van der Waals surface area (Å²) in [6.07, 6.45) is 1.27. The van der Waals surface area contributed by atoms with Gasteiger partial charge < -0.3 is 10.1 Å². The monoisotopic (exact) mass is 445 g/mol. The molecule has 0 heterocycles. The van der Waals surface area contributed by atoms with Crippen LogP contribution in [0.3, 0.4) is 0 Å². The van der Waals surface area contributed by atoms with Crippen LogP contribution in [0, 0.1) is 13.8 Å². The zero-order valence-corrected chi connectivity index (χ0v) is 18.0. The lowest BCUT2D eigenvalue weighted by Gasteiger charge is -2.11. The van der Waals surface area contributed by atoms with Crippen molar-refractivity contribution < 1.29 is 14.3 Å². The Morgan fingerprint density at radius 3 is 2.54 bits per heavy atom. The van der Waals surface area contributed by atoms with Crippen LogP contribution in [-0.2, 0) is 9.59 Å². The molecule has 6 nitrogen and oxygen atoms in total. The molecule has 0 radical (unpaired) electrons. The first kappa shape index (κ1) is 21.6. The molecular weight excluding hydrogens is 422 g/mol. The maximum absolute atomic E-state index is 12.0. The van der Waals surface area contributed by atoms with Crippen LogP contribution in [-0.4, -0.2) is 24.1 Å². The molecule has 28 heavy (non-hydrogen) atoms. The largest absolute Gasteiger partial charge is 0.490 e. The fourth-order valence-corrected chi connectivity index (χ4v) is 2.95. The molecule has 0 saturated heterocycles. The molecule has 0 saturated carbocycles. The summed E-state index contributed by atoms with van der Waals surface area (Å²) >= 11 is 3.44. The highest BCUT2D eigenvalue weighted by molar-refractivity contribution is 9.10. The Morgan fingerprint density at radius 2 is 1.89 bits per heavy atom. The summed E-state index contributed by atoms with van der Waals surface area (Å²) in [6.45, 7) is 7.79. The smallest absolute Gasteiger partial charge is 0.249 e. The topological polar surface area (TPSA) is 79.8 Å². The third-order valence-electron chi connectivity index (χ3n) is 3.70. The molecular formula is C21H24BrN3O3. The molecule has 2 aromatic carbocycles. The number of rotatable bonds is 7. The van der Waals surface area contributed by atoms with Gasteiger partial charge in [-0.15, -0.1) is 0 Å². The van der Waals surface area contributed by atoms with Crippen LogP contribution in [0.15, 0.2) is 46.0 Å². The van der Waals surface area contributed by atoms with E-state index in [-0.39, 0.29) is 12.5 Å². The van der Waals surface area contributed by atoms with E-state index in [1.54, 1.807) is 0 Å². The van der Waals surface area contributed by atoms with Crippen molar-refractivity contribution in [3.8, 4) is 5.75 Å². The van der Waals surface area contributed by atoms with E-state index in [4.69, 9.17) is 4.74 Å². The van der Waals surface area contributed by atoms with Crippen LogP contribution in [0.4, 0.5) is 5.69 Å². The number of nitrogens with one attached hydrogen (secondary N) is 2. The van der Waals surface area contributed by atoms with Gasteiger partial charge in [-0.05, 0) is 79.0 Å². The Bertz CT molecular complexity index is 894. The van der Waals surface area contributed by atoms with E-state index in [0.717, 1.165) is 26.9 Å². The highest BCUT2D eigenvalue weighted by Crippen LogP contribution is 2.26. The molecule has 0 bridgehead atoms. The number of carbonyl (C=O) groups excluding carboxylic acids is 2. The lowest BCUT2D eigenvalue weighted by Crippen LogP contribution is -2.24. The number of anilines is 1. The first-order valence-corrected chi connectivity index (χ1v) is 9.69. The Kier molecular flexibility index (Phi) is 7.75. The number of nitrogens with zero attached hydrogens (tertiary/aromatic N) is 1. The van der Waals surface area contributed by atoms with E-state index in [9.17, 15) is 9.59 Å². The van der Waals surface area contributed by atoms with Gasteiger partial charge in [-0.2, -0.15) is 5.10 Å². The SMILES string of the molecule is Cc1ccc(NC(=O)CC(=O)NN=Cc2ccc(OC(C)C)c(Br)c2)c(C)c1. The van der Waals surface area contributed by atoms with Crippen LogP contribution in [0.5, 0.6) is 5.75 Å². The summed E-state index contributed by atoms with van der Waals surface area (Å²) in [5.74, 6) is -0.144. The number of benzene rings is 2. The molecule has 0 aliphatic rings.